The molecule has 0 fully saturated rings. The summed E-state index contributed by atoms with van der Waals surface area (Å²) in [6.07, 6.45) is 2.03. The molecule has 24 heavy (non-hydrogen) atoms. The molecule has 1 aliphatic heterocycles. The van der Waals surface area contributed by atoms with E-state index >= 15 is 0 Å². The van der Waals surface area contributed by atoms with Gasteiger partial charge in [0.25, 0.3) is 0 Å². The molecule has 114 valence electrons. The molecule has 1 aromatic heterocycles. The van der Waals surface area contributed by atoms with Gasteiger partial charge in [0.1, 0.15) is 0 Å². The van der Waals surface area contributed by atoms with E-state index in [1.54, 1.807) is 11.8 Å². The second kappa shape index (κ2) is 5.35. The van der Waals surface area contributed by atoms with Crippen LogP contribution in [0.4, 0.5) is 0 Å². The van der Waals surface area contributed by atoms with Gasteiger partial charge >= 0.3 is 0 Å². The van der Waals surface area contributed by atoms with Crippen LogP contribution in [0.2, 0.25) is 0 Å². The number of aromatic nitrogens is 3. The summed E-state index contributed by atoms with van der Waals surface area (Å²) in [5, 5.41) is 13.4. The number of hydrogen-bond donors (Lipinski definition) is 0. The first kappa shape index (κ1) is 13.6. The molecule has 0 spiro atoms. The van der Waals surface area contributed by atoms with Gasteiger partial charge in [0.05, 0.1) is 5.69 Å². The van der Waals surface area contributed by atoms with Crippen molar-refractivity contribution in [1.82, 2.24) is 14.8 Å². The number of hydrogen-bond acceptors (Lipinski definition) is 3. The van der Waals surface area contributed by atoms with Gasteiger partial charge in [-0.15, -0.1) is 10.2 Å². The van der Waals surface area contributed by atoms with Gasteiger partial charge in [-0.3, -0.25) is 4.57 Å². The van der Waals surface area contributed by atoms with Gasteiger partial charge in [0.2, 0.25) is 0 Å². The maximum Gasteiger partial charge on any atom is 0.168 e. The summed E-state index contributed by atoms with van der Waals surface area (Å²) >= 11 is 1.73. The van der Waals surface area contributed by atoms with Crippen LogP contribution in [0.3, 0.4) is 0 Å². The van der Waals surface area contributed by atoms with Crippen molar-refractivity contribution in [2.45, 2.75) is 4.90 Å². The molecule has 0 N–H and O–H groups in total. The van der Waals surface area contributed by atoms with E-state index < -0.39 is 0 Å². The number of rotatable bonds is 1. The van der Waals surface area contributed by atoms with Crippen molar-refractivity contribution < 1.29 is 0 Å². The molecule has 0 saturated carbocycles. The highest BCUT2D eigenvalue weighted by Crippen LogP contribution is 2.39. The van der Waals surface area contributed by atoms with Crippen LogP contribution in [-0.4, -0.2) is 14.8 Å². The highest BCUT2D eigenvalue weighted by molar-refractivity contribution is 8.02. The van der Waals surface area contributed by atoms with Gasteiger partial charge in [0, 0.05) is 10.5 Å². The molecule has 0 bridgehead atoms. The fraction of sp³-hybridized carbons (Fsp3) is 0. The summed E-state index contributed by atoms with van der Waals surface area (Å²) in [5.74, 6) is 1.73. The van der Waals surface area contributed by atoms with Crippen LogP contribution in [0.1, 0.15) is 5.82 Å². The standard InChI is InChI=1S/C20H13N3S/c1-2-7-15(8-3-1)20-22-21-18-12-13-24-19-16-9-5-4-6-14(16)10-11-17(19)23(18)20/h1-13H. The first-order chi connectivity index (χ1) is 11.9. The maximum absolute atomic E-state index is 4.44. The molecule has 2 heterocycles. The first-order valence-electron chi connectivity index (χ1n) is 7.78. The fourth-order valence-electron chi connectivity index (χ4n) is 3.11. The van der Waals surface area contributed by atoms with Crippen molar-refractivity contribution in [3.05, 3.63) is 78.0 Å². The molecule has 5 rings (SSSR count). The summed E-state index contributed by atoms with van der Waals surface area (Å²) in [5.41, 5.74) is 2.19. The van der Waals surface area contributed by atoms with Crippen molar-refractivity contribution in [3.63, 3.8) is 0 Å². The van der Waals surface area contributed by atoms with E-state index in [9.17, 15) is 0 Å². The van der Waals surface area contributed by atoms with Gasteiger partial charge in [-0.05, 0) is 28.3 Å². The van der Waals surface area contributed by atoms with Gasteiger partial charge in [-0.1, -0.05) is 72.4 Å². The Bertz CT molecular complexity index is 1080. The molecule has 3 aromatic carbocycles. The average Bonchev–Trinajstić information content (AvgIpc) is 2.97. The monoisotopic (exact) mass is 327 g/mol. The van der Waals surface area contributed by atoms with E-state index in [0.29, 0.717) is 0 Å². The topological polar surface area (TPSA) is 30.7 Å². The molecule has 4 aromatic rings. The zero-order chi connectivity index (χ0) is 15.9. The van der Waals surface area contributed by atoms with E-state index in [2.05, 4.69) is 68.7 Å². The van der Waals surface area contributed by atoms with Crippen LogP contribution >= 0.6 is 11.8 Å². The third-order valence-electron chi connectivity index (χ3n) is 4.22. The lowest BCUT2D eigenvalue weighted by atomic mass is 10.1. The Hall–Kier alpha value is -2.85. The Morgan fingerprint density at radius 3 is 2.54 bits per heavy atom. The summed E-state index contributed by atoms with van der Waals surface area (Å²) in [7, 11) is 0. The zero-order valence-electron chi connectivity index (χ0n) is 12.8. The van der Waals surface area contributed by atoms with Crippen molar-refractivity contribution in [2.24, 2.45) is 0 Å². The van der Waals surface area contributed by atoms with Gasteiger partial charge < -0.3 is 0 Å². The second-order valence-electron chi connectivity index (χ2n) is 5.64. The number of benzene rings is 3. The Labute approximate surface area is 143 Å². The zero-order valence-corrected chi connectivity index (χ0v) is 13.6. The Morgan fingerprint density at radius 1 is 0.792 bits per heavy atom. The van der Waals surface area contributed by atoms with E-state index in [1.165, 1.54) is 15.7 Å². The summed E-state index contributed by atoms with van der Waals surface area (Å²) in [6.45, 7) is 0. The lowest BCUT2D eigenvalue weighted by Gasteiger charge is -2.13. The molecule has 3 nitrogen and oxygen atoms in total. The molecular formula is C20H13N3S. The molecule has 0 aliphatic carbocycles. The molecule has 0 radical (unpaired) electrons. The summed E-state index contributed by atoms with van der Waals surface area (Å²) in [4.78, 5) is 1.24. The first-order valence-corrected chi connectivity index (χ1v) is 8.66. The minimum absolute atomic E-state index is 0.857. The van der Waals surface area contributed by atoms with Crippen LogP contribution in [0, 0.1) is 0 Å². The lowest BCUT2D eigenvalue weighted by Crippen LogP contribution is -2.01. The van der Waals surface area contributed by atoms with Crippen LogP contribution < -0.4 is 0 Å². The van der Waals surface area contributed by atoms with E-state index in [-0.39, 0.29) is 0 Å². The fourth-order valence-corrected chi connectivity index (χ4v) is 4.03. The Balaban J connectivity index is 1.85. The van der Waals surface area contributed by atoms with Gasteiger partial charge in [0.15, 0.2) is 11.6 Å². The molecular weight excluding hydrogens is 314 g/mol. The molecule has 0 atom stereocenters. The molecule has 1 aliphatic rings. The van der Waals surface area contributed by atoms with Gasteiger partial charge in [-0.2, -0.15) is 0 Å². The van der Waals surface area contributed by atoms with Crippen molar-refractivity contribution in [1.29, 1.82) is 0 Å². The highest BCUT2D eigenvalue weighted by atomic mass is 32.2. The SMILES string of the molecule is C1=Cc2nnc(-c3ccccc3)n2-c2ccc3ccccc3c2S1. The lowest BCUT2D eigenvalue weighted by molar-refractivity contribution is 1.02. The Kier molecular flexibility index (Phi) is 3.03. The molecule has 4 heteroatoms. The van der Waals surface area contributed by atoms with Crippen LogP contribution in [0.25, 0.3) is 33.9 Å². The number of fused-ring (bicyclic) bond motifs is 5. The van der Waals surface area contributed by atoms with Gasteiger partial charge in [-0.25, -0.2) is 0 Å². The summed E-state index contributed by atoms with van der Waals surface area (Å²) < 4.78 is 2.15. The second-order valence-corrected chi connectivity index (χ2v) is 6.55. The molecule has 0 saturated heterocycles. The predicted octanol–water partition coefficient (Wildman–Crippen LogP) is 5.16. The molecule has 0 unspecified atom stereocenters. The van der Waals surface area contributed by atoms with Crippen LogP contribution in [0.5, 0.6) is 0 Å². The number of nitrogens with zero attached hydrogens (tertiary/aromatic N) is 3. The Morgan fingerprint density at radius 2 is 1.62 bits per heavy atom. The van der Waals surface area contributed by atoms with Crippen molar-refractivity contribution >= 4 is 28.6 Å². The van der Waals surface area contributed by atoms with Crippen molar-refractivity contribution in [2.75, 3.05) is 0 Å². The smallest absolute Gasteiger partial charge is 0.168 e. The maximum atomic E-state index is 4.44. The predicted molar refractivity (Wildman–Crippen MR) is 99.2 cm³/mol. The molecule has 0 amide bonds. The minimum Gasteiger partial charge on any atom is -0.274 e. The van der Waals surface area contributed by atoms with Crippen LogP contribution in [0.15, 0.2) is 77.0 Å². The largest absolute Gasteiger partial charge is 0.274 e. The van der Waals surface area contributed by atoms with E-state index in [4.69, 9.17) is 0 Å². The van der Waals surface area contributed by atoms with Crippen molar-refractivity contribution in [3.8, 4) is 17.1 Å². The third-order valence-corrected chi connectivity index (χ3v) is 5.16. The highest BCUT2D eigenvalue weighted by Gasteiger charge is 2.20. The van der Waals surface area contributed by atoms with Crippen LogP contribution in [-0.2, 0) is 0 Å². The summed E-state index contributed by atoms with van der Waals surface area (Å²) in [6, 6.07) is 23.0. The minimum atomic E-state index is 0.857. The van der Waals surface area contributed by atoms with E-state index in [1.807, 2.05) is 24.3 Å². The normalized spacial score (nSPS) is 12.7. The number of thioether (sulfide) groups is 1. The third kappa shape index (κ3) is 2.00. The average molecular weight is 327 g/mol. The van der Waals surface area contributed by atoms with E-state index in [0.717, 1.165) is 22.9 Å². The quantitative estimate of drug-likeness (QED) is 0.483.